The summed E-state index contributed by atoms with van der Waals surface area (Å²) in [5.41, 5.74) is 1.03. The molecule has 0 spiro atoms. The molecule has 124 valence electrons. The number of hydrogen-bond acceptors (Lipinski definition) is 4. The van der Waals surface area contributed by atoms with Gasteiger partial charge in [-0.05, 0) is 44.4 Å². The molecule has 1 atom stereocenters. The Kier molecular flexibility index (Phi) is 4.93. The Morgan fingerprint density at radius 1 is 1.22 bits per heavy atom. The minimum atomic E-state index is -0.354. The Bertz CT molecular complexity index is 586. The SMILES string of the molecule is O=C(CN1CCCC(O)C1)Nc1ccccc1C(=O)NC1CC1. The number of para-hydroxylation sites is 1. The summed E-state index contributed by atoms with van der Waals surface area (Å²) in [5.74, 6) is -0.303. The maximum atomic E-state index is 12.2. The van der Waals surface area contributed by atoms with E-state index in [9.17, 15) is 14.7 Å². The number of rotatable bonds is 5. The lowest BCUT2D eigenvalue weighted by Crippen LogP contribution is -2.42. The van der Waals surface area contributed by atoms with Gasteiger partial charge in [0.05, 0.1) is 23.9 Å². The number of amides is 2. The fourth-order valence-corrected chi connectivity index (χ4v) is 2.85. The number of aliphatic hydroxyl groups is 1. The number of hydrogen-bond donors (Lipinski definition) is 3. The molecule has 1 aromatic carbocycles. The quantitative estimate of drug-likeness (QED) is 0.756. The Balaban J connectivity index is 1.60. The Morgan fingerprint density at radius 2 is 2.00 bits per heavy atom. The van der Waals surface area contributed by atoms with Crippen molar-refractivity contribution in [2.75, 3.05) is 25.0 Å². The van der Waals surface area contributed by atoms with Gasteiger partial charge in [-0.25, -0.2) is 0 Å². The molecule has 0 bridgehead atoms. The van der Waals surface area contributed by atoms with Crippen LogP contribution < -0.4 is 10.6 Å². The second-order valence-corrected chi connectivity index (χ2v) is 6.37. The molecule has 6 heteroatoms. The van der Waals surface area contributed by atoms with Crippen LogP contribution in [0.3, 0.4) is 0 Å². The molecule has 6 nitrogen and oxygen atoms in total. The van der Waals surface area contributed by atoms with Crippen LogP contribution in [0.4, 0.5) is 5.69 Å². The first-order chi connectivity index (χ1) is 11.1. The van der Waals surface area contributed by atoms with E-state index in [2.05, 4.69) is 10.6 Å². The molecule has 0 radical (unpaired) electrons. The third-order valence-corrected chi connectivity index (χ3v) is 4.21. The standard InChI is InChI=1S/C17H23N3O3/c21-13-4-3-9-20(10-13)11-16(22)19-15-6-2-1-5-14(15)17(23)18-12-7-8-12/h1-2,5-6,12-13,21H,3-4,7-11H2,(H,18,23)(H,19,22). The number of piperidine rings is 1. The van der Waals surface area contributed by atoms with Crippen molar-refractivity contribution in [2.24, 2.45) is 0 Å². The van der Waals surface area contributed by atoms with Crippen molar-refractivity contribution < 1.29 is 14.7 Å². The van der Waals surface area contributed by atoms with Crippen LogP contribution in [0.1, 0.15) is 36.0 Å². The minimum absolute atomic E-state index is 0.142. The highest BCUT2D eigenvalue weighted by molar-refractivity contribution is 6.04. The molecule has 1 unspecified atom stereocenters. The number of carbonyl (C=O) groups is 2. The van der Waals surface area contributed by atoms with Crippen molar-refractivity contribution in [2.45, 2.75) is 37.8 Å². The number of benzene rings is 1. The van der Waals surface area contributed by atoms with Gasteiger partial charge in [0.2, 0.25) is 5.91 Å². The van der Waals surface area contributed by atoms with Crippen LogP contribution >= 0.6 is 0 Å². The lowest BCUT2D eigenvalue weighted by molar-refractivity contribution is -0.118. The van der Waals surface area contributed by atoms with E-state index in [1.54, 1.807) is 24.3 Å². The number of likely N-dealkylation sites (tertiary alicyclic amines) is 1. The highest BCUT2D eigenvalue weighted by atomic mass is 16.3. The van der Waals surface area contributed by atoms with E-state index in [0.29, 0.717) is 17.8 Å². The first kappa shape index (κ1) is 16.0. The van der Waals surface area contributed by atoms with Crippen molar-refractivity contribution in [1.82, 2.24) is 10.2 Å². The summed E-state index contributed by atoms with van der Waals surface area (Å²) in [6.07, 6.45) is 3.39. The predicted octanol–water partition coefficient (Wildman–Crippen LogP) is 0.974. The largest absolute Gasteiger partial charge is 0.392 e. The molecule has 1 saturated heterocycles. The first-order valence-electron chi connectivity index (χ1n) is 8.22. The van der Waals surface area contributed by atoms with Gasteiger partial charge < -0.3 is 15.7 Å². The summed E-state index contributed by atoms with van der Waals surface area (Å²) in [4.78, 5) is 26.4. The van der Waals surface area contributed by atoms with Crippen LogP contribution in [-0.4, -0.2) is 53.6 Å². The molecule has 2 amide bonds. The average molecular weight is 317 g/mol. The molecule has 1 saturated carbocycles. The summed E-state index contributed by atoms with van der Waals surface area (Å²) in [5, 5.41) is 15.4. The van der Waals surface area contributed by atoms with Crippen LogP contribution in [0.15, 0.2) is 24.3 Å². The van der Waals surface area contributed by atoms with Gasteiger partial charge in [0, 0.05) is 12.6 Å². The highest BCUT2D eigenvalue weighted by Crippen LogP contribution is 2.21. The van der Waals surface area contributed by atoms with Crippen molar-refractivity contribution in [1.29, 1.82) is 0 Å². The maximum absolute atomic E-state index is 12.2. The van der Waals surface area contributed by atoms with Gasteiger partial charge in [-0.1, -0.05) is 12.1 Å². The molecule has 0 aromatic heterocycles. The normalized spacial score (nSPS) is 21.7. The van der Waals surface area contributed by atoms with Gasteiger partial charge >= 0.3 is 0 Å². The number of aliphatic hydroxyl groups excluding tert-OH is 1. The summed E-state index contributed by atoms with van der Waals surface area (Å²) in [6, 6.07) is 7.33. The van der Waals surface area contributed by atoms with E-state index in [1.807, 2.05) is 4.90 Å². The van der Waals surface area contributed by atoms with E-state index >= 15 is 0 Å². The molecule has 2 aliphatic rings. The third kappa shape index (κ3) is 4.53. The van der Waals surface area contributed by atoms with Gasteiger partial charge in [-0.15, -0.1) is 0 Å². The average Bonchev–Trinajstić information content (AvgIpc) is 3.31. The van der Waals surface area contributed by atoms with Crippen LogP contribution in [0.5, 0.6) is 0 Å². The number of nitrogens with one attached hydrogen (secondary N) is 2. The number of carbonyl (C=O) groups excluding carboxylic acids is 2. The molecule has 1 aromatic rings. The Labute approximate surface area is 135 Å². The lowest BCUT2D eigenvalue weighted by atomic mass is 10.1. The van der Waals surface area contributed by atoms with Gasteiger partial charge in [0.15, 0.2) is 0 Å². The van der Waals surface area contributed by atoms with Crippen LogP contribution in [0, 0.1) is 0 Å². The summed E-state index contributed by atoms with van der Waals surface area (Å²) < 4.78 is 0. The number of β-amino-alcohol motifs (C(OH)–C–C–N with tert-alkyl or cyclic N) is 1. The molecule has 3 N–H and O–H groups in total. The third-order valence-electron chi connectivity index (χ3n) is 4.21. The number of nitrogens with zero attached hydrogens (tertiary/aromatic N) is 1. The van der Waals surface area contributed by atoms with Crippen molar-refractivity contribution in [3.8, 4) is 0 Å². The lowest BCUT2D eigenvalue weighted by Gasteiger charge is -2.29. The van der Waals surface area contributed by atoms with Crippen LogP contribution in [0.2, 0.25) is 0 Å². The van der Waals surface area contributed by atoms with Gasteiger partial charge in [0.1, 0.15) is 0 Å². The van der Waals surface area contributed by atoms with E-state index in [0.717, 1.165) is 32.2 Å². The highest BCUT2D eigenvalue weighted by Gasteiger charge is 2.25. The molecule has 1 aliphatic carbocycles. The van der Waals surface area contributed by atoms with E-state index < -0.39 is 0 Å². The fourth-order valence-electron chi connectivity index (χ4n) is 2.85. The molecular weight excluding hydrogens is 294 g/mol. The first-order valence-corrected chi connectivity index (χ1v) is 8.22. The zero-order chi connectivity index (χ0) is 16.2. The zero-order valence-electron chi connectivity index (χ0n) is 13.1. The van der Waals surface area contributed by atoms with Gasteiger partial charge in [-0.2, -0.15) is 0 Å². The molecular formula is C17H23N3O3. The monoisotopic (exact) mass is 317 g/mol. The predicted molar refractivity (Wildman–Crippen MR) is 87.2 cm³/mol. The second-order valence-electron chi connectivity index (χ2n) is 6.37. The fraction of sp³-hybridized carbons (Fsp3) is 0.529. The molecule has 3 rings (SSSR count). The summed E-state index contributed by atoms with van der Waals surface area (Å²) >= 11 is 0. The van der Waals surface area contributed by atoms with Crippen molar-refractivity contribution >= 4 is 17.5 Å². The molecule has 2 fully saturated rings. The van der Waals surface area contributed by atoms with Crippen LogP contribution in [-0.2, 0) is 4.79 Å². The minimum Gasteiger partial charge on any atom is -0.392 e. The van der Waals surface area contributed by atoms with Crippen molar-refractivity contribution in [3.63, 3.8) is 0 Å². The molecule has 1 aliphatic heterocycles. The van der Waals surface area contributed by atoms with Crippen LogP contribution in [0.25, 0.3) is 0 Å². The van der Waals surface area contributed by atoms with Crippen molar-refractivity contribution in [3.05, 3.63) is 29.8 Å². The molecule has 1 heterocycles. The maximum Gasteiger partial charge on any atom is 0.253 e. The van der Waals surface area contributed by atoms with Gasteiger partial charge in [-0.3, -0.25) is 14.5 Å². The topological polar surface area (TPSA) is 81.7 Å². The summed E-state index contributed by atoms with van der Waals surface area (Å²) in [7, 11) is 0. The molecule has 23 heavy (non-hydrogen) atoms. The zero-order valence-corrected chi connectivity index (χ0v) is 13.1. The number of anilines is 1. The van der Waals surface area contributed by atoms with E-state index in [-0.39, 0.29) is 30.5 Å². The Hall–Kier alpha value is -1.92. The smallest absolute Gasteiger partial charge is 0.253 e. The summed E-state index contributed by atoms with van der Waals surface area (Å²) in [6.45, 7) is 1.57. The second kappa shape index (κ2) is 7.10. The van der Waals surface area contributed by atoms with Gasteiger partial charge in [0.25, 0.3) is 5.91 Å². The van der Waals surface area contributed by atoms with E-state index in [4.69, 9.17) is 0 Å². The Morgan fingerprint density at radius 3 is 2.74 bits per heavy atom. The van der Waals surface area contributed by atoms with E-state index in [1.165, 1.54) is 0 Å².